The van der Waals surface area contributed by atoms with Crippen molar-refractivity contribution >= 4 is 16.5 Å². The van der Waals surface area contributed by atoms with Crippen molar-refractivity contribution in [3.05, 3.63) is 39.9 Å². The van der Waals surface area contributed by atoms with Crippen molar-refractivity contribution in [1.82, 2.24) is 0 Å². The normalized spacial score (nSPS) is 13.4. The molecule has 0 saturated heterocycles. The summed E-state index contributed by atoms with van der Waals surface area (Å²) in [6.07, 6.45) is 0. The fourth-order valence-corrected chi connectivity index (χ4v) is 2.86. The van der Waals surface area contributed by atoms with E-state index in [1.165, 1.54) is 12.1 Å². The van der Waals surface area contributed by atoms with Gasteiger partial charge in [-0.25, -0.2) is 0 Å². The first-order chi connectivity index (χ1) is 7.78. The highest BCUT2D eigenvalue weighted by molar-refractivity contribution is 7.84. The van der Waals surface area contributed by atoms with Crippen LogP contribution in [0.5, 0.6) is 0 Å². The van der Waals surface area contributed by atoms with Gasteiger partial charge in [-0.2, -0.15) is 0 Å². The van der Waals surface area contributed by atoms with Gasteiger partial charge in [0.2, 0.25) is 0 Å². The number of nitrogens with two attached hydrogens (primary N) is 1. The quantitative estimate of drug-likeness (QED) is 0.640. The summed E-state index contributed by atoms with van der Waals surface area (Å²) in [6, 6.07) is 6.08. The van der Waals surface area contributed by atoms with Gasteiger partial charge >= 0.3 is 0 Å². The van der Waals surface area contributed by atoms with E-state index in [4.69, 9.17) is 5.73 Å². The maximum absolute atomic E-state index is 11.7. The molecule has 1 rings (SSSR count). The number of nitro groups is 1. The Bertz CT molecular complexity index is 423. The lowest BCUT2D eigenvalue weighted by atomic mass is 10.1. The second-order valence-corrected chi connectivity index (χ2v) is 6.10. The van der Waals surface area contributed by atoms with Crippen LogP contribution in [-0.2, 0) is 16.6 Å². The van der Waals surface area contributed by atoms with E-state index < -0.39 is 21.3 Å². The molecule has 1 unspecified atom stereocenters. The van der Waals surface area contributed by atoms with E-state index in [9.17, 15) is 14.3 Å². The minimum absolute atomic E-state index is 0.0405. The first kappa shape index (κ1) is 13.8. The van der Waals surface area contributed by atoms with Gasteiger partial charge in [-0.05, 0) is 19.4 Å². The molecule has 0 fully saturated rings. The van der Waals surface area contributed by atoms with E-state index in [1.54, 1.807) is 12.1 Å². The Kier molecular flexibility index (Phi) is 4.36. The lowest BCUT2D eigenvalue weighted by Gasteiger charge is -2.17. The zero-order chi connectivity index (χ0) is 13.1. The Balaban J connectivity index is 2.64. The van der Waals surface area contributed by atoms with Crippen LogP contribution in [0.1, 0.15) is 19.4 Å². The van der Waals surface area contributed by atoms with Crippen molar-refractivity contribution in [2.75, 3.05) is 5.75 Å². The van der Waals surface area contributed by atoms with Crippen molar-refractivity contribution < 1.29 is 9.13 Å². The highest BCUT2D eigenvalue weighted by Gasteiger charge is 2.15. The number of rotatable bonds is 5. The molecule has 0 saturated carbocycles. The predicted molar refractivity (Wildman–Crippen MR) is 68.1 cm³/mol. The molecule has 0 heterocycles. The second-order valence-electron chi connectivity index (χ2n) is 4.64. The molecule has 0 aliphatic carbocycles. The van der Waals surface area contributed by atoms with Crippen LogP contribution >= 0.6 is 0 Å². The Morgan fingerprint density at radius 3 is 2.29 bits per heavy atom. The molecule has 0 amide bonds. The molecule has 0 bridgehead atoms. The number of non-ortho nitro benzene ring substituents is 1. The third kappa shape index (κ3) is 5.06. The molecule has 0 spiro atoms. The van der Waals surface area contributed by atoms with E-state index in [2.05, 4.69) is 0 Å². The summed E-state index contributed by atoms with van der Waals surface area (Å²) in [4.78, 5) is 10.00. The maximum atomic E-state index is 11.7. The topological polar surface area (TPSA) is 86.2 Å². The first-order valence-corrected chi connectivity index (χ1v) is 6.64. The number of benzene rings is 1. The van der Waals surface area contributed by atoms with Crippen LogP contribution in [0.2, 0.25) is 0 Å². The standard InChI is InChI=1S/C11H16N2O3S/c1-11(2,12)8-17(16)7-9-3-5-10(6-4-9)13(14)15/h3-6H,7-8,12H2,1-2H3. The fourth-order valence-electron chi connectivity index (χ4n) is 1.37. The molecule has 17 heavy (non-hydrogen) atoms. The molecule has 2 N–H and O–H groups in total. The van der Waals surface area contributed by atoms with Gasteiger partial charge in [0.25, 0.3) is 5.69 Å². The van der Waals surface area contributed by atoms with Gasteiger partial charge in [0.05, 0.1) is 4.92 Å². The van der Waals surface area contributed by atoms with Crippen molar-refractivity contribution in [3.63, 3.8) is 0 Å². The third-order valence-corrected chi connectivity index (χ3v) is 3.73. The van der Waals surface area contributed by atoms with Gasteiger partial charge in [-0.3, -0.25) is 14.3 Å². The predicted octanol–water partition coefficient (Wildman–Crippen LogP) is 1.58. The Morgan fingerprint density at radius 2 is 1.88 bits per heavy atom. The van der Waals surface area contributed by atoms with Crippen LogP contribution < -0.4 is 5.73 Å². The van der Waals surface area contributed by atoms with Gasteiger partial charge in [0.1, 0.15) is 0 Å². The highest BCUT2D eigenvalue weighted by atomic mass is 32.2. The molecular weight excluding hydrogens is 240 g/mol. The molecule has 0 aliphatic heterocycles. The fraction of sp³-hybridized carbons (Fsp3) is 0.455. The third-order valence-electron chi connectivity index (χ3n) is 2.01. The number of hydrogen-bond acceptors (Lipinski definition) is 4. The Morgan fingerprint density at radius 1 is 1.35 bits per heavy atom. The van der Waals surface area contributed by atoms with E-state index in [0.717, 1.165) is 5.56 Å². The molecule has 0 aliphatic rings. The molecule has 5 nitrogen and oxygen atoms in total. The molecular formula is C11H16N2O3S. The monoisotopic (exact) mass is 256 g/mol. The molecule has 1 aromatic rings. The van der Waals surface area contributed by atoms with Gasteiger partial charge < -0.3 is 5.73 Å². The van der Waals surface area contributed by atoms with Crippen LogP contribution in [0.3, 0.4) is 0 Å². The van der Waals surface area contributed by atoms with Gasteiger partial charge in [-0.15, -0.1) is 0 Å². The second kappa shape index (κ2) is 5.37. The van der Waals surface area contributed by atoms with Crippen molar-refractivity contribution in [1.29, 1.82) is 0 Å². The Labute approximate surface area is 103 Å². The van der Waals surface area contributed by atoms with Gasteiger partial charge in [0.15, 0.2) is 0 Å². The smallest absolute Gasteiger partial charge is 0.269 e. The Hall–Kier alpha value is -1.27. The SMILES string of the molecule is CC(C)(N)CS(=O)Cc1ccc([N+](=O)[O-])cc1. The summed E-state index contributed by atoms with van der Waals surface area (Å²) in [5.41, 5.74) is 6.16. The number of hydrogen-bond donors (Lipinski definition) is 1. The van der Waals surface area contributed by atoms with Crippen molar-refractivity contribution in [2.24, 2.45) is 5.73 Å². The average molecular weight is 256 g/mol. The molecule has 0 radical (unpaired) electrons. The average Bonchev–Trinajstić information content (AvgIpc) is 2.15. The van der Waals surface area contributed by atoms with Crippen LogP contribution in [-0.4, -0.2) is 20.4 Å². The van der Waals surface area contributed by atoms with Crippen LogP contribution in [0.25, 0.3) is 0 Å². The first-order valence-electron chi connectivity index (χ1n) is 5.15. The molecule has 1 aromatic carbocycles. The van der Waals surface area contributed by atoms with E-state index in [-0.39, 0.29) is 5.69 Å². The van der Waals surface area contributed by atoms with E-state index in [1.807, 2.05) is 13.8 Å². The molecule has 6 heteroatoms. The van der Waals surface area contributed by atoms with Crippen molar-refractivity contribution in [2.45, 2.75) is 25.1 Å². The van der Waals surface area contributed by atoms with Crippen LogP contribution in [0.15, 0.2) is 24.3 Å². The molecule has 1 atom stereocenters. The maximum Gasteiger partial charge on any atom is 0.269 e. The largest absolute Gasteiger partial charge is 0.325 e. The minimum Gasteiger partial charge on any atom is -0.325 e. The van der Waals surface area contributed by atoms with Gasteiger partial charge in [-0.1, -0.05) is 12.1 Å². The molecule has 94 valence electrons. The lowest BCUT2D eigenvalue weighted by Crippen LogP contribution is -2.38. The van der Waals surface area contributed by atoms with E-state index >= 15 is 0 Å². The van der Waals surface area contributed by atoms with Crippen LogP contribution in [0.4, 0.5) is 5.69 Å². The number of nitro benzene ring substituents is 1. The summed E-state index contributed by atoms with van der Waals surface area (Å²) in [5.74, 6) is 0.780. The van der Waals surface area contributed by atoms with E-state index in [0.29, 0.717) is 11.5 Å². The van der Waals surface area contributed by atoms with Crippen LogP contribution in [0, 0.1) is 10.1 Å². The molecule has 0 aromatic heterocycles. The highest BCUT2D eigenvalue weighted by Crippen LogP contribution is 2.14. The summed E-state index contributed by atoms with van der Waals surface area (Å²) in [7, 11) is -1.05. The zero-order valence-corrected chi connectivity index (χ0v) is 10.7. The van der Waals surface area contributed by atoms with Gasteiger partial charge in [0, 0.05) is 40.0 Å². The lowest BCUT2D eigenvalue weighted by molar-refractivity contribution is -0.384. The summed E-state index contributed by atoms with van der Waals surface area (Å²) >= 11 is 0. The minimum atomic E-state index is -1.05. The number of nitrogens with zero attached hydrogens (tertiary/aromatic N) is 1. The van der Waals surface area contributed by atoms with Crippen molar-refractivity contribution in [3.8, 4) is 0 Å². The summed E-state index contributed by atoms with van der Waals surface area (Å²) < 4.78 is 11.7. The summed E-state index contributed by atoms with van der Waals surface area (Å²) in [6.45, 7) is 3.64. The zero-order valence-electron chi connectivity index (χ0n) is 9.88. The summed E-state index contributed by atoms with van der Waals surface area (Å²) in [5, 5.41) is 10.5.